The highest BCUT2D eigenvalue weighted by Crippen LogP contribution is 2.30. The second-order valence-corrected chi connectivity index (χ2v) is 5.08. The standard InChI is InChI=1S/C11H15BrO2S/c1-14-11-4-3-8(12)7-9(11)10(13)5-6-15-2/h3-4,7,10,13H,5-6H2,1-2H3. The first kappa shape index (κ1) is 12.9. The fraction of sp³-hybridized carbons (Fsp3) is 0.455. The minimum absolute atomic E-state index is 0.454. The molecule has 0 aromatic heterocycles. The number of rotatable bonds is 5. The van der Waals surface area contributed by atoms with Gasteiger partial charge in [-0.15, -0.1) is 0 Å². The summed E-state index contributed by atoms with van der Waals surface area (Å²) in [4.78, 5) is 0. The molecule has 1 rings (SSSR count). The van der Waals surface area contributed by atoms with Crippen molar-refractivity contribution in [1.29, 1.82) is 0 Å². The van der Waals surface area contributed by atoms with Crippen molar-refractivity contribution in [1.82, 2.24) is 0 Å². The van der Waals surface area contributed by atoms with Crippen molar-refractivity contribution in [3.05, 3.63) is 28.2 Å². The number of halogens is 1. The molecule has 84 valence electrons. The summed E-state index contributed by atoms with van der Waals surface area (Å²) in [5.41, 5.74) is 0.848. The Bertz CT molecular complexity index is 317. The number of aliphatic hydroxyl groups is 1. The van der Waals surface area contributed by atoms with Crippen molar-refractivity contribution in [2.45, 2.75) is 12.5 Å². The Morgan fingerprint density at radius 2 is 2.27 bits per heavy atom. The van der Waals surface area contributed by atoms with Crippen LogP contribution in [-0.2, 0) is 0 Å². The summed E-state index contributed by atoms with van der Waals surface area (Å²) in [6.45, 7) is 0. The molecule has 0 radical (unpaired) electrons. The summed E-state index contributed by atoms with van der Waals surface area (Å²) >= 11 is 5.12. The average molecular weight is 291 g/mol. The molecule has 2 nitrogen and oxygen atoms in total. The van der Waals surface area contributed by atoms with Crippen molar-refractivity contribution in [2.24, 2.45) is 0 Å². The van der Waals surface area contributed by atoms with Gasteiger partial charge in [-0.2, -0.15) is 11.8 Å². The van der Waals surface area contributed by atoms with Gasteiger partial charge >= 0.3 is 0 Å². The lowest BCUT2D eigenvalue weighted by Gasteiger charge is -2.14. The molecule has 0 saturated carbocycles. The number of methoxy groups -OCH3 is 1. The molecule has 0 spiro atoms. The maximum Gasteiger partial charge on any atom is 0.124 e. The second kappa shape index (κ2) is 6.40. The van der Waals surface area contributed by atoms with Crippen LogP contribution in [0.5, 0.6) is 5.75 Å². The maximum absolute atomic E-state index is 9.97. The summed E-state index contributed by atoms with van der Waals surface area (Å²) in [5, 5.41) is 9.97. The van der Waals surface area contributed by atoms with Gasteiger partial charge in [-0.05, 0) is 36.6 Å². The molecular weight excluding hydrogens is 276 g/mol. The molecule has 4 heteroatoms. The lowest BCUT2D eigenvalue weighted by atomic mass is 10.1. The van der Waals surface area contributed by atoms with E-state index in [2.05, 4.69) is 15.9 Å². The second-order valence-electron chi connectivity index (χ2n) is 3.18. The lowest BCUT2D eigenvalue weighted by Crippen LogP contribution is -2.01. The molecule has 1 aromatic rings. The zero-order valence-corrected chi connectivity index (χ0v) is 11.3. The normalized spacial score (nSPS) is 12.5. The minimum atomic E-state index is -0.454. The summed E-state index contributed by atoms with van der Waals surface area (Å²) in [6, 6.07) is 5.68. The zero-order valence-electron chi connectivity index (χ0n) is 8.87. The molecule has 0 bridgehead atoms. The van der Waals surface area contributed by atoms with E-state index < -0.39 is 6.10 Å². The topological polar surface area (TPSA) is 29.5 Å². The Hall–Kier alpha value is -0.190. The van der Waals surface area contributed by atoms with Crippen LogP contribution in [0.25, 0.3) is 0 Å². The van der Waals surface area contributed by atoms with Gasteiger partial charge in [0.25, 0.3) is 0 Å². The van der Waals surface area contributed by atoms with Crippen LogP contribution in [0.1, 0.15) is 18.1 Å². The van der Waals surface area contributed by atoms with Crippen molar-refractivity contribution >= 4 is 27.7 Å². The maximum atomic E-state index is 9.97. The van der Waals surface area contributed by atoms with Gasteiger partial charge < -0.3 is 9.84 Å². The van der Waals surface area contributed by atoms with Crippen molar-refractivity contribution in [2.75, 3.05) is 19.1 Å². The van der Waals surface area contributed by atoms with Crippen molar-refractivity contribution < 1.29 is 9.84 Å². The third-order valence-corrected chi connectivity index (χ3v) is 3.28. The molecule has 0 amide bonds. The van der Waals surface area contributed by atoms with Gasteiger partial charge in [0.05, 0.1) is 13.2 Å². The van der Waals surface area contributed by atoms with Gasteiger partial charge in [-0.25, -0.2) is 0 Å². The summed E-state index contributed by atoms with van der Waals surface area (Å²) in [6.07, 6.45) is 2.32. The average Bonchev–Trinajstić information content (AvgIpc) is 2.25. The fourth-order valence-corrected chi connectivity index (χ4v) is 2.19. The number of aliphatic hydroxyl groups excluding tert-OH is 1. The first-order valence-corrected chi connectivity index (χ1v) is 6.88. The fourth-order valence-electron chi connectivity index (χ4n) is 1.35. The van der Waals surface area contributed by atoms with E-state index >= 15 is 0 Å². The highest BCUT2D eigenvalue weighted by Gasteiger charge is 2.13. The Kier molecular flexibility index (Phi) is 5.50. The molecule has 0 aliphatic carbocycles. The molecule has 1 atom stereocenters. The van der Waals surface area contributed by atoms with E-state index in [1.807, 2.05) is 24.5 Å². The van der Waals surface area contributed by atoms with Crippen molar-refractivity contribution in [3.63, 3.8) is 0 Å². The molecule has 15 heavy (non-hydrogen) atoms. The molecule has 0 fully saturated rings. The van der Waals surface area contributed by atoms with Gasteiger partial charge in [0.2, 0.25) is 0 Å². The van der Waals surface area contributed by atoms with E-state index in [9.17, 15) is 5.11 Å². The van der Waals surface area contributed by atoms with Gasteiger partial charge in [0.15, 0.2) is 0 Å². The molecule has 0 heterocycles. The number of hydrogen-bond acceptors (Lipinski definition) is 3. The quantitative estimate of drug-likeness (QED) is 0.903. The number of thioether (sulfide) groups is 1. The van der Waals surface area contributed by atoms with Gasteiger partial charge in [-0.3, -0.25) is 0 Å². The van der Waals surface area contributed by atoms with E-state index in [4.69, 9.17) is 4.74 Å². The zero-order chi connectivity index (χ0) is 11.3. The van der Waals surface area contributed by atoms with E-state index in [1.54, 1.807) is 18.9 Å². The molecule has 0 saturated heterocycles. The van der Waals surface area contributed by atoms with Gasteiger partial charge in [0.1, 0.15) is 5.75 Å². The van der Waals surface area contributed by atoms with Crippen LogP contribution in [0.15, 0.2) is 22.7 Å². The highest BCUT2D eigenvalue weighted by molar-refractivity contribution is 9.10. The largest absolute Gasteiger partial charge is 0.496 e. The third-order valence-electron chi connectivity index (χ3n) is 2.15. The monoisotopic (exact) mass is 290 g/mol. The predicted molar refractivity (Wildman–Crippen MR) is 68.7 cm³/mol. The molecule has 1 N–H and O–H groups in total. The Morgan fingerprint density at radius 3 is 2.87 bits per heavy atom. The van der Waals surface area contributed by atoms with Gasteiger partial charge in [0, 0.05) is 10.0 Å². The number of ether oxygens (including phenoxy) is 1. The number of benzene rings is 1. The Labute approximate surface area is 103 Å². The first-order chi connectivity index (χ1) is 7.19. The summed E-state index contributed by atoms with van der Waals surface area (Å²) in [7, 11) is 1.62. The minimum Gasteiger partial charge on any atom is -0.496 e. The Morgan fingerprint density at radius 1 is 1.53 bits per heavy atom. The molecule has 1 aromatic carbocycles. The van der Waals surface area contributed by atoms with Crippen LogP contribution in [0, 0.1) is 0 Å². The van der Waals surface area contributed by atoms with Crippen LogP contribution in [0.3, 0.4) is 0 Å². The predicted octanol–water partition coefficient (Wildman–Crippen LogP) is 3.24. The molecule has 0 aliphatic heterocycles. The molecule has 0 aliphatic rings. The molecular formula is C11H15BrO2S. The lowest BCUT2D eigenvalue weighted by molar-refractivity contribution is 0.170. The van der Waals surface area contributed by atoms with Crippen LogP contribution < -0.4 is 4.74 Å². The smallest absolute Gasteiger partial charge is 0.124 e. The van der Waals surface area contributed by atoms with E-state index in [0.717, 1.165) is 28.0 Å². The third kappa shape index (κ3) is 3.70. The van der Waals surface area contributed by atoms with E-state index in [1.165, 1.54) is 0 Å². The van der Waals surface area contributed by atoms with Crippen molar-refractivity contribution in [3.8, 4) is 5.75 Å². The number of hydrogen-bond donors (Lipinski definition) is 1. The Balaban J connectivity index is 2.85. The van der Waals surface area contributed by atoms with Crippen LogP contribution in [0.2, 0.25) is 0 Å². The van der Waals surface area contributed by atoms with E-state index in [-0.39, 0.29) is 0 Å². The van der Waals surface area contributed by atoms with Crippen LogP contribution in [0.4, 0.5) is 0 Å². The van der Waals surface area contributed by atoms with Crippen LogP contribution >= 0.6 is 27.7 Å². The van der Waals surface area contributed by atoms with E-state index in [0.29, 0.717) is 0 Å². The SMILES string of the molecule is COc1ccc(Br)cc1C(O)CCSC. The van der Waals surface area contributed by atoms with Gasteiger partial charge in [-0.1, -0.05) is 15.9 Å². The summed E-state index contributed by atoms with van der Waals surface area (Å²) in [5.74, 6) is 1.68. The first-order valence-electron chi connectivity index (χ1n) is 4.69. The molecule has 1 unspecified atom stereocenters. The summed E-state index contributed by atoms with van der Waals surface area (Å²) < 4.78 is 6.17. The highest BCUT2D eigenvalue weighted by atomic mass is 79.9. The van der Waals surface area contributed by atoms with Crippen LogP contribution in [-0.4, -0.2) is 24.2 Å².